The predicted octanol–water partition coefficient (Wildman–Crippen LogP) is 3.13. The van der Waals surface area contributed by atoms with E-state index in [1.54, 1.807) is 12.2 Å². The van der Waals surface area contributed by atoms with Gasteiger partial charge in [0.15, 0.2) is 0 Å². The van der Waals surface area contributed by atoms with Gasteiger partial charge in [-0.1, -0.05) is 44.1 Å². The van der Waals surface area contributed by atoms with Crippen molar-refractivity contribution in [3.63, 3.8) is 0 Å². The fraction of sp³-hybridized carbons (Fsp3) is 0.737. The number of carbonyl (C=O) groups is 1. The van der Waals surface area contributed by atoms with Gasteiger partial charge in [0.25, 0.3) is 0 Å². The third-order valence-electron chi connectivity index (χ3n) is 4.76. The summed E-state index contributed by atoms with van der Waals surface area (Å²) in [5.74, 6) is 0.335. The van der Waals surface area contributed by atoms with Crippen molar-refractivity contribution >= 4 is 5.97 Å². The quantitative estimate of drug-likeness (QED) is 0.389. The molecule has 2 fully saturated rings. The second kappa shape index (κ2) is 9.24. The molecule has 2 rings (SSSR count). The van der Waals surface area contributed by atoms with Crippen LogP contribution in [0.15, 0.2) is 24.3 Å². The number of esters is 1. The number of aliphatic hydroxyl groups excluding tert-OH is 2. The number of hydrogen-bond acceptors (Lipinski definition) is 4. The number of ether oxygens (including phenoxy) is 1. The van der Waals surface area contributed by atoms with Gasteiger partial charge in [0, 0.05) is 12.3 Å². The lowest BCUT2D eigenvalue weighted by atomic mass is 10.0. The van der Waals surface area contributed by atoms with Gasteiger partial charge in [-0.3, -0.25) is 4.79 Å². The first-order chi connectivity index (χ1) is 11.1. The normalized spacial score (nSPS) is 30.6. The Kier molecular flexibility index (Phi) is 7.31. The first-order valence-electron chi connectivity index (χ1n) is 9.00. The van der Waals surface area contributed by atoms with E-state index in [1.165, 1.54) is 12.8 Å². The Labute approximate surface area is 139 Å². The largest absolute Gasteiger partial charge is 0.462 e. The summed E-state index contributed by atoms with van der Waals surface area (Å²) < 4.78 is 5.37. The molecule has 0 spiro atoms. The van der Waals surface area contributed by atoms with Gasteiger partial charge in [-0.15, -0.1) is 0 Å². The fourth-order valence-electron chi connectivity index (χ4n) is 3.23. The number of cyclic esters (lactones) is 1. The third kappa shape index (κ3) is 6.11. The van der Waals surface area contributed by atoms with Crippen molar-refractivity contribution in [3.8, 4) is 0 Å². The lowest BCUT2D eigenvalue weighted by molar-refractivity contribution is -0.155. The molecule has 1 saturated carbocycles. The summed E-state index contributed by atoms with van der Waals surface area (Å²) in [4.78, 5) is 11.3. The molecule has 2 aliphatic rings. The highest BCUT2D eigenvalue weighted by atomic mass is 16.5. The molecule has 1 aliphatic carbocycles. The third-order valence-corrected chi connectivity index (χ3v) is 4.76. The minimum atomic E-state index is -0.556. The molecule has 0 amide bonds. The second-order valence-electron chi connectivity index (χ2n) is 6.78. The molecule has 0 aromatic carbocycles. The minimum Gasteiger partial charge on any atom is -0.462 e. The highest BCUT2D eigenvalue weighted by Gasteiger charge is 2.48. The summed E-state index contributed by atoms with van der Waals surface area (Å²) in [5, 5.41) is 20.1. The number of unbranched alkanes of at least 4 members (excludes halogenated alkanes) is 2. The molecule has 0 aromatic rings. The zero-order chi connectivity index (χ0) is 16.7. The lowest BCUT2D eigenvalue weighted by Gasteiger charge is -2.22. The summed E-state index contributed by atoms with van der Waals surface area (Å²) in [6.45, 7) is 2.16. The molecule has 0 radical (unpaired) electrons. The minimum absolute atomic E-state index is 0.0178. The molecule has 130 valence electrons. The van der Waals surface area contributed by atoms with Gasteiger partial charge < -0.3 is 14.9 Å². The van der Waals surface area contributed by atoms with Crippen LogP contribution in [-0.2, 0) is 9.53 Å². The van der Waals surface area contributed by atoms with E-state index in [0.717, 1.165) is 25.7 Å². The Morgan fingerprint density at radius 1 is 1.30 bits per heavy atom. The monoisotopic (exact) mass is 322 g/mol. The number of rotatable bonds is 9. The van der Waals surface area contributed by atoms with Crippen LogP contribution in [0.25, 0.3) is 0 Å². The molecule has 4 heteroatoms. The van der Waals surface area contributed by atoms with Crippen LogP contribution in [0.4, 0.5) is 0 Å². The molecule has 1 saturated heterocycles. The molecule has 2 N–H and O–H groups in total. The maximum Gasteiger partial charge on any atom is 0.306 e. The van der Waals surface area contributed by atoms with Crippen molar-refractivity contribution in [1.29, 1.82) is 0 Å². The molecule has 23 heavy (non-hydrogen) atoms. The van der Waals surface area contributed by atoms with Crippen molar-refractivity contribution < 1.29 is 19.7 Å². The average molecular weight is 322 g/mol. The fourth-order valence-corrected chi connectivity index (χ4v) is 3.23. The smallest absolute Gasteiger partial charge is 0.306 e. The predicted molar refractivity (Wildman–Crippen MR) is 89.8 cm³/mol. The molecular formula is C19H30O4. The molecule has 1 heterocycles. The number of hydrogen-bond donors (Lipinski definition) is 2. The first kappa shape index (κ1) is 18.2. The second-order valence-corrected chi connectivity index (χ2v) is 6.78. The molecule has 4 nitrogen and oxygen atoms in total. The van der Waals surface area contributed by atoms with E-state index in [-0.39, 0.29) is 23.9 Å². The van der Waals surface area contributed by atoms with Gasteiger partial charge in [-0.25, -0.2) is 0 Å². The Bertz CT molecular complexity index is 429. The molecule has 0 aromatic heterocycles. The maximum absolute atomic E-state index is 11.3. The van der Waals surface area contributed by atoms with E-state index in [1.807, 2.05) is 6.08 Å². The van der Waals surface area contributed by atoms with E-state index in [9.17, 15) is 15.0 Å². The number of allylic oxidation sites excluding steroid dienone is 1. The van der Waals surface area contributed by atoms with Crippen LogP contribution >= 0.6 is 0 Å². The van der Waals surface area contributed by atoms with Crippen LogP contribution in [-0.4, -0.2) is 34.5 Å². The number of aliphatic hydroxyl groups is 2. The Hall–Kier alpha value is -1.13. The summed E-state index contributed by atoms with van der Waals surface area (Å²) in [6, 6.07) is 0. The molecule has 0 bridgehead atoms. The SMILES string of the molecule is CCCC/C=C\C[C@H](O)/C=C/[C@H](O)[C@H]1C[C@@H]1[C@H]1CCCC(=O)O1. The number of carbonyl (C=O) groups excluding carboxylic acids is 1. The maximum atomic E-state index is 11.3. The van der Waals surface area contributed by atoms with Gasteiger partial charge in [-0.2, -0.15) is 0 Å². The molecular weight excluding hydrogens is 292 g/mol. The molecule has 5 atom stereocenters. The Balaban J connectivity index is 1.67. The van der Waals surface area contributed by atoms with Crippen molar-refractivity contribution in [2.24, 2.45) is 11.8 Å². The molecule has 1 aliphatic heterocycles. The standard InChI is InChI=1S/C19H30O4/c1-2-3-4-5-6-8-14(20)11-12-17(21)15-13-16(15)18-9-7-10-19(22)23-18/h5-6,11-12,14-18,20-21H,2-4,7-10,13H2,1H3/b6-5-,12-11+/t14-,15-,16-,17-,18+/m0/s1. The lowest BCUT2D eigenvalue weighted by Crippen LogP contribution is -2.27. The van der Waals surface area contributed by atoms with E-state index in [4.69, 9.17) is 4.74 Å². The van der Waals surface area contributed by atoms with Gasteiger partial charge in [0.05, 0.1) is 12.2 Å². The van der Waals surface area contributed by atoms with E-state index in [2.05, 4.69) is 13.0 Å². The summed E-state index contributed by atoms with van der Waals surface area (Å²) in [5.41, 5.74) is 0. The first-order valence-corrected chi connectivity index (χ1v) is 9.00. The summed E-state index contributed by atoms with van der Waals surface area (Å²) >= 11 is 0. The highest BCUT2D eigenvalue weighted by molar-refractivity contribution is 5.70. The van der Waals surface area contributed by atoms with E-state index in [0.29, 0.717) is 12.8 Å². The average Bonchev–Trinajstić information content (AvgIpc) is 3.33. The summed E-state index contributed by atoms with van der Waals surface area (Å²) in [7, 11) is 0. The van der Waals surface area contributed by atoms with Gasteiger partial charge in [-0.05, 0) is 38.0 Å². The van der Waals surface area contributed by atoms with Gasteiger partial charge in [0.2, 0.25) is 0 Å². The zero-order valence-corrected chi connectivity index (χ0v) is 14.1. The van der Waals surface area contributed by atoms with Gasteiger partial charge in [0.1, 0.15) is 6.10 Å². The zero-order valence-electron chi connectivity index (χ0n) is 14.1. The van der Waals surface area contributed by atoms with Crippen LogP contribution in [0.3, 0.4) is 0 Å². The molecule has 0 unspecified atom stereocenters. The van der Waals surface area contributed by atoms with Crippen LogP contribution in [0, 0.1) is 11.8 Å². The van der Waals surface area contributed by atoms with Crippen LogP contribution in [0.1, 0.15) is 58.3 Å². The van der Waals surface area contributed by atoms with Crippen molar-refractivity contribution in [3.05, 3.63) is 24.3 Å². The van der Waals surface area contributed by atoms with Crippen LogP contribution < -0.4 is 0 Å². The van der Waals surface area contributed by atoms with Crippen molar-refractivity contribution in [2.75, 3.05) is 0 Å². The Morgan fingerprint density at radius 2 is 2.13 bits per heavy atom. The van der Waals surface area contributed by atoms with Crippen molar-refractivity contribution in [2.45, 2.75) is 76.6 Å². The van der Waals surface area contributed by atoms with E-state index >= 15 is 0 Å². The van der Waals surface area contributed by atoms with Crippen LogP contribution in [0.5, 0.6) is 0 Å². The van der Waals surface area contributed by atoms with Crippen molar-refractivity contribution in [1.82, 2.24) is 0 Å². The van der Waals surface area contributed by atoms with E-state index < -0.39 is 12.2 Å². The highest BCUT2D eigenvalue weighted by Crippen LogP contribution is 2.47. The summed E-state index contributed by atoms with van der Waals surface area (Å²) in [6.07, 6.45) is 13.6. The van der Waals surface area contributed by atoms with Gasteiger partial charge >= 0.3 is 5.97 Å². The Morgan fingerprint density at radius 3 is 2.87 bits per heavy atom. The van der Waals surface area contributed by atoms with Crippen LogP contribution in [0.2, 0.25) is 0 Å². The topological polar surface area (TPSA) is 66.8 Å².